The average Bonchev–Trinajstić information content (AvgIpc) is 3.93. The third-order valence-corrected chi connectivity index (χ3v) is 17.2. The number of thiazole rings is 4. The van der Waals surface area contributed by atoms with Gasteiger partial charge in [0, 0.05) is 43.7 Å². The molecule has 0 aliphatic carbocycles. The third kappa shape index (κ3) is 5.74. The molecular weight excluding hydrogens is 959 g/mol. The van der Waals surface area contributed by atoms with Gasteiger partial charge in [0.15, 0.2) is 0 Å². The molecular formula is C38H24I2N4S6. The van der Waals surface area contributed by atoms with E-state index in [1.165, 1.54) is 80.2 Å². The Hall–Kier alpha value is -2.44. The summed E-state index contributed by atoms with van der Waals surface area (Å²) in [5.41, 5.74) is 10.3. The van der Waals surface area contributed by atoms with E-state index < -0.39 is 0 Å². The largest absolute Gasteiger partial charge is 0.243 e. The van der Waals surface area contributed by atoms with Crippen molar-refractivity contribution >= 4 is 133 Å². The lowest BCUT2D eigenvalue weighted by Crippen LogP contribution is -1.93. The molecule has 0 atom stereocenters. The summed E-state index contributed by atoms with van der Waals surface area (Å²) in [6, 6.07) is 18.1. The summed E-state index contributed by atoms with van der Waals surface area (Å²) in [7, 11) is 0. The summed E-state index contributed by atoms with van der Waals surface area (Å²) in [6.07, 6.45) is 7.83. The predicted molar refractivity (Wildman–Crippen MR) is 237 cm³/mol. The van der Waals surface area contributed by atoms with Crippen LogP contribution in [0.25, 0.3) is 82.0 Å². The maximum absolute atomic E-state index is 4.97. The molecule has 0 saturated carbocycles. The number of rotatable bonds is 6. The van der Waals surface area contributed by atoms with Crippen LogP contribution in [0, 0.1) is 33.5 Å². The molecule has 0 fully saturated rings. The summed E-state index contributed by atoms with van der Waals surface area (Å²) in [4.78, 5) is 23.8. The summed E-state index contributed by atoms with van der Waals surface area (Å²) in [6.45, 7) is 8.97. The first kappa shape index (κ1) is 33.4. The number of nitrogens with zero attached hydrogens (tertiary/aromatic N) is 4. The van der Waals surface area contributed by atoms with Crippen LogP contribution >= 0.6 is 113 Å². The Bertz CT molecular complexity index is 2480. The highest BCUT2D eigenvalue weighted by molar-refractivity contribution is 14.1. The van der Waals surface area contributed by atoms with Crippen LogP contribution in [0.3, 0.4) is 0 Å². The maximum Gasteiger partial charge on any atom is 0.135 e. The number of aromatic nitrogens is 4. The minimum atomic E-state index is 1.02. The fraction of sp³-hybridized carbons (Fsp3) is 0.105. The molecule has 3 aromatic carbocycles. The first-order chi connectivity index (χ1) is 24.2. The molecule has 246 valence electrons. The predicted octanol–water partition coefficient (Wildman–Crippen LogP) is 14.4. The molecule has 0 aliphatic rings. The van der Waals surface area contributed by atoms with E-state index >= 15 is 0 Å². The summed E-state index contributed by atoms with van der Waals surface area (Å²) < 4.78 is 4.95. The first-order valence-electron chi connectivity index (χ1n) is 15.6. The minimum absolute atomic E-state index is 1.02. The van der Waals surface area contributed by atoms with Crippen LogP contribution in [-0.4, -0.2) is 19.9 Å². The number of fused-ring (bicyclic) bond motifs is 2. The van der Waals surface area contributed by atoms with E-state index in [2.05, 4.69) is 131 Å². The standard InChI is InChI=1S/C38H24I2N4S6/c1-17-7-5-8-18(2)29(17)31-21-11-23(35-41-13-25(47-35)37-43-15-27(39)49-37)46-34(21)32(30-19(3)9-6-10-20(30)4)22-12-24(45-33(22)31)36-42-14-26(48-36)38-44-16-28(40)50-38/h5-16H,1-4H3. The van der Waals surface area contributed by atoms with Gasteiger partial charge in [-0.2, -0.15) is 0 Å². The van der Waals surface area contributed by atoms with Crippen molar-refractivity contribution in [1.82, 2.24) is 19.9 Å². The molecule has 50 heavy (non-hydrogen) atoms. The Morgan fingerprint density at radius 3 is 1.14 bits per heavy atom. The topological polar surface area (TPSA) is 51.6 Å². The van der Waals surface area contributed by atoms with E-state index in [1.807, 2.05) is 47.5 Å². The van der Waals surface area contributed by atoms with Gasteiger partial charge in [-0.15, -0.1) is 68.0 Å². The van der Waals surface area contributed by atoms with Crippen LogP contribution in [0.15, 0.2) is 73.3 Å². The third-order valence-electron chi connectivity index (χ3n) is 8.73. The number of halogens is 2. The van der Waals surface area contributed by atoms with Gasteiger partial charge in [0.1, 0.15) is 20.0 Å². The lowest BCUT2D eigenvalue weighted by Gasteiger charge is -2.18. The summed E-state index contributed by atoms with van der Waals surface area (Å²) >= 11 is 15.3. The van der Waals surface area contributed by atoms with Gasteiger partial charge in [0.25, 0.3) is 0 Å². The Balaban J connectivity index is 1.36. The van der Waals surface area contributed by atoms with Crippen molar-refractivity contribution in [3.8, 4) is 61.8 Å². The molecule has 12 heteroatoms. The Morgan fingerprint density at radius 2 is 0.780 bits per heavy atom. The van der Waals surface area contributed by atoms with Gasteiger partial charge in [0.2, 0.25) is 0 Å². The minimum Gasteiger partial charge on any atom is -0.243 e. The van der Waals surface area contributed by atoms with Crippen LogP contribution < -0.4 is 0 Å². The molecule has 4 nitrogen and oxygen atoms in total. The SMILES string of the molecule is Cc1cccc(C)c1-c1c2cc(-c3ncc(-c4ncc(I)s4)s3)sc2c(-c2c(C)cccc2C)c2cc(-c3ncc(-c4ncc(I)s4)s3)sc12. The van der Waals surface area contributed by atoms with Crippen molar-refractivity contribution in [3.63, 3.8) is 0 Å². The van der Waals surface area contributed by atoms with Crippen molar-refractivity contribution in [2.24, 2.45) is 0 Å². The molecule has 0 amide bonds. The second-order valence-electron chi connectivity index (χ2n) is 12.0. The van der Waals surface area contributed by atoms with Crippen LogP contribution in [0.2, 0.25) is 0 Å². The van der Waals surface area contributed by atoms with Crippen molar-refractivity contribution in [2.45, 2.75) is 27.7 Å². The van der Waals surface area contributed by atoms with Crippen LogP contribution in [-0.2, 0) is 0 Å². The zero-order chi connectivity index (χ0) is 34.3. The van der Waals surface area contributed by atoms with Crippen molar-refractivity contribution < 1.29 is 0 Å². The molecule has 9 rings (SSSR count). The quantitative estimate of drug-likeness (QED) is 0.156. The van der Waals surface area contributed by atoms with Gasteiger partial charge in [-0.3, -0.25) is 0 Å². The number of aryl methyl sites for hydroxylation is 4. The van der Waals surface area contributed by atoms with E-state index in [4.69, 9.17) is 9.97 Å². The lowest BCUT2D eigenvalue weighted by atomic mass is 9.87. The van der Waals surface area contributed by atoms with E-state index in [-0.39, 0.29) is 0 Å². The van der Waals surface area contributed by atoms with Crippen LogP contribution in [0.4, 0.5) is 0 Å². The maximum atomic E-state index is 4.97. The van der Waals surface area contributed by atoms with Crippen molar-refractivity contribution in [2.75, 3.05) is 0 Å². The molecule has 0 aliphatic heterocycles. The fourth-order valence-electron chi connectivity index (χ4n) is 6.60. The zero-order valence-corrected chi connectivity index (χ0v) is 36.1. The van der Waals surface area contributed by atoms with Gasteiger partial charge >= 0.3 is 0 Å². The van der Waals surface area contributed by atoms with Gasteiger partial charge in [-0.1, -0.05) is 36.4 Å². The second-order valence-corrected chi connectivity index (χ2v) is 22.0. The molecule has 0 unspecified atom stereocenters. The first-order valence-corrected chi connectivity index (χ1v) is 22.6. The molecule has 0 N–H and O–H groups in total. The van der Waals surface area contributed by atoms with Crippen molar-refractivity contribution in [1.29, 1.82) is 0 Å². The Kier molecular flexibility index (Phi) is 8.82. The van der Waals surface area contributed by atoms with Gasteiger partial charge in [-0.05, 0) is 118 Å². The molecule has 6 aromatic heterocycles. The highest BCUT2D eigenvalue weighted by atomic mass is 127. The molecule has 0 spiro atoms. The Labute approximate surface area is 340 Å². The number of thiophene rings is 2. The Morgan fingerprint density at radius 1 is 0.420 bits per heavy atom. The number of hydrogen-bond donors (Lipinski definition) is 0. The lowest BCUT2D eigenvalue weighted by molar-refractivity contribution is 1.39. The van der Waals surface area contributed by atoms with Crippen LogP contribution in [0.1, 0.15) is 22.3 Å². The number of hydrogen-bond acceptors (Lipinski definition) is 10. The highest BCUT2D eigenvalue weighted by Gasteiger charge is 2.26. The molecule has 0 saturated heterocycles. The second kappa shape index (κ2) is 13.2. The fourth-order valence-corrected chi connectivity index (χ4v) is 13.9. The molecule has 0 radical (unpaired) electrons. The zero-order valence-electron chi connectivity index (χ0n) is 26.9. The van der Waals surface area contributed by atoms with Crippen molar-refractivity contribution in [3.05, 3.63) is 101 Å². The van der Waals surface area contributed by atoms with E-state index in [9.17, 15) is 0 Å². The van der Waals surface area contributed by atoms with Gasteiger partial charge < -0.3 is 0 Å². The molecule has 6 heterocycles. The monoisotopic (exact) mass is 982 g/mol. The van der Waals surface area contributed by atoms with E-state index in [1.54, 1.807) is 45.3 Å². The normalized spacial score (nSPS) is 11.8. The smallest absolute Gasteiger partial charge is 0.135 e. The summed E-state index contributed by atoms with van der Waals surface area (Å²) in [5, 5.41) is 6.66. The number of benzene rings is 3. The van der Waals surface area contributed by atoms with Gasteiger partial charge in [0.05, 0.1) is 37.7 Å². The van der Waals surface area contributed by atoms with Crippen LogP contribution in [0.5, 0.6) is 0 Å². The van der Waals surface area contributed by atoms with E-state index in [0.29, 0.717) is 0 Å². The van der Waals surface area contributed by atoms with Gasteiger partial charge in [-0.25, -0.2) is 19.9 Å². The molecule has 0 bridgehead atoms. The average molecular weight is 983 g/mol. The highest BCUT2D eigenvalue weighted by Crippen LogP contribution is 2.54. The molecule has 9 aromatic rings. The summed E-state index contributed by atoms with van der Waals surface area (Å²) in [5.74, 6) is 0. The van der Waals surface area contributed by atoms with E-state index in [0.717, 1.165) is 29.8 Å².